The number of nitrogens with zero attached hydrogens (tertiary/aromatic N) is 1. The average Bonchev–Trinajstić information content (AvgIpc) is 2.60. The molecule has 0 spiro atoms. The molecule has 130 valence electrons. The molecule has 0 bridgehead atoms. The standard InChI is InChI=1S/C18H15F3N2O2/c19-13-10-15(21)14(20)9-12(13)18(25)23-7-6-22-17(24)16(23)8-11-4-2-1-3-5-11/h1-5,9-10,16H,6-8H2,(H,22,24). The second kappa shape index (κ2) is 6.96. The summed E-state index contributed by atoms with van der Waals surface area (Å²) in [5.74, 6) is -5.05. The second-order valence-corrected chi connectivity index (χ2v) is 5.74. The Hall–Kier alpha value is -2.83. The van der Waals surface area contributed by atoms with Gasteiger partial charge in [0.15, 0.2) is 11.6 Å². The Morgan fingerprint density at radius 3 is 2.48 bits per heavy atom. The van der Waals surface area contributed by atoms with E-state index >= 15 is 0 Å². The minimum atomic E-state index is -1.37. The van der Waals surface area contributed by atoms with Crippen LogP contribution in [-0.4, -0.2) is 35.8 Å². The van der Waals surface area contributed by atoms with Gasteiger partial charge in [-0.05, 0) is 11.6 Å². The summed E-state index contributed by atoms with van der Waals surface area (Å²) in [6.45, 7) is 0.363. The summed E-state index contributed by atoms with van der Waals surface area (Å²) in [7, 11) is 0. The van der Waals surface area contributed by atoms with Crippen molar-refractivity contribution in [3.05, 3.63) is 71.0 Å². The first-order valence-corrected chi connectivity index (χ1v) is 7.74. The molecule has 1 heterocycles. The molecule has 0 saturated carbocycles. The summed E-state index contributed by atoms with van der Waals surface area (Å²) >= 11 is 0. The molecule has 1 unspecified atom stereocenters. The lowest BCUT2D eigenvalue weighted by atomic mass is 10.0. The van der Waals surface area contributed by atoms with Gasteiger partial charge in [0.25, 0.3) is 5.91 Å². The Morgan fingerprint density at radius 1 is 1.08 bits per heavy atom. The quantitative estimate of drug-likeness (QED) is 0.866. The van der Waals surface area contributed by atoms with Gasteiger partial charge in [-0.3, -0.25) is 9.59 Å². The van der Waals surface area contributed by atoms with Crippen molar-refractivity contribution in [1.29, 1.82) is 0 Å². The fourth-order valence-corrected chi connectivity index (χ4v) is 2.84. The van der Waals surface area contributed by atoms with E-state index in [9.17, 15) is 22.8 Å². The summed E-state index contributed by atoms with van der Waals surface area (Å²) in [5, 5.41) is 2.66. The first-order valence-electron chi connectivity index (χ1n) is 7.74. The lowest BCUT2D eigenvalue weighted by Gasteiger charge is -2.35. The molecule has 1 aliphatic heterocycles. The molecule has 0 radical (unpaired) electrons. The molecule has 1 N–H and O–H groups in total. The summed E-state index contributed by atoms with van der Waals surface area (Å²) in [4.78, 5) is 26.1. The Bertz CT molecular complexity index is 811. The van der Waals surface area contributed by atoms with Gasteiger partial charge in [0.2, 0.25) is 5.91 Å². The number of nitrogens with one attached hydrogen (secondary N) is 1. The third-order valence-corrected chi connectivity index (χ3v) is 4.10. The molecule has 2 amide bonds. The number of halogens is 3. The summed E-state index contributed by atoms with van der Waals surface area (Å²) < 4.78 is 40.4. The Balaban J connectivity index is 1.91. The van der Waals surface area contributed by atoms with E-state index in [1.807, 2.05) is 18.2 Å². The predicted molar refractivity (Wildman–Crippen MR) is 84.3 cm³/mol. The molecule has 2 aromatic rings. The molecule has 0 aliphatic carbocycles. The number of carbonyl (C=O) groups is 2. The molecule has 25 heavy (non-hydrogen) atoms. The maximum atomic E-state index is 13.9. The van der Waals surface area contributed by atoms with Crippen LogP contribution in [0, 0.1) is 17.5 Å². The van der Waals surface area contributed by atoms with Gasteiger partial charge in [0.05, 0.1) is 5.56 Å². The fourth-order valence-electron chi connectivity index (χ4n) is 2.84. The van der Waals surface area contributed by atoms with E-state index < -0.39 is 35.0 Å². The van der Waals surface area contributed by atoms with Crippen LogP contribution < -0.4 is 5.32 Å². The maximum absolute atomic E-state index is 13.9. The molecule has 2 aromatic carbocycles. The molecule has 0 aromatic heterocycles. The van der Waals surface area contributed by atoms with Crippen LogP contribution in [-0.2, 0) is 11.2 Å². The van der Waals surface area contributed by atoms with E-state index in [2.05, 4.69) is 5.32 Å². The smallest absolute Gasteiger partial charge is 0.257 e. The van der Waals surface area contributed by atoms with Crippen LogP contribution in [0.25, 0.3) is 0 Å². The van der Waals surface area contributed by atoms with Crippen molar-refractivity contribution >= 4 is 11.8 Å². The van der Waals surface area contributed by atoms with E-state index in [1.165, 1.54) is 4.90 Å². The van der Waals surface area contributed by atoms with Gasteiger partial charge in [-0.25, -0.2) is 13.2 Å². The minimum absolute atomic E-state index is 0.153. The van der Waals surface area contributed by atoms with Crippen LogP contribution in [0.4, 0.5) is 13.2 Å². The lowest BCUT2D eigenvalue weighted by molar-refractivity contribution is -0.127. The lowest BCUT2D eigenvalue weighted by Crippen LogP contribution is -2.58. The highest BCUT2D eigenvalue weighted by Gasteiger charge is 2.34. The Labute approximate surface area is 142 Å². The molecular weight excluding hydrogens is 333 g/mol. The number of hydrogen-bond donors (Lipinski definition) is 1. The monoisotopic (exact) mass is 348 g/mol. The highest BCUT2D eigenvalue weighted by atomic mass is 19.2. The summed E-state index contributed by atoms with van der Waals surface area (Å²) in [6.07, 6.45) is 0.240. The number of amides is 2. The van der Waals surface area contributed by atoms with Crippen LogP contribution in [0.2, 0.25) is 0 Å². The number of hydrogen-bond acceptors (Lipinski definition) is 2. The van der Waals surface area contributed by atoms with Gasteiger partial charge in [0, 0.05) is 25.6 Å². The zero-order valence-corrected chi connectivity index (χ0v) is 13.1. The molecule has 1 atom stereocenters. The Kier molecular flexibility index (Phi) is 4.74. The molecule has 3 rings (SSSR count). The normalized spacial score (nSPS) is 17.3. The molecular formula is C18H15F3N2O2. The van der Waals surface area contributed by atoms with E-state index in [-0.39, 0.29) is 25.4 Å². The van der Waals surface area contributed by atoms with Crippen LogP contribution in [0.3, 0.4) is 0 Å². The zero-order chi connectivity index (χ0) is 18.0. The molecule has 4 nitrogen and oxygen atoms in total. The zero-order valence-electron chi connectivity index (χ0n) is 13.1. The van der Waals surface area contributed by atoms with Crippen molar-refractivity contribution < 1.29 is 22.8 Å². The number of benzene rings is 2. The predicted octanol–water partition coefficient (Wildman–Crippen LogP) is 2.29. The average molecular weight is 348 g/mol. The molecule has 1 saturated heterocycles. The van der Waals surface area contributed by atoms with Crippen molar-refractivity contribution in [2.24, 2.45) is 0 Å². The summed E-state index contributed by atoms with van der Waals surface area (Å²) in [5.41, 5.74) is 0.236. The highest BCUT2D eigenvalue weighted by Crippen LogP contribution is 2.20. The molecule has 1 fully saturated rings. The van der Waals surface area contributed by atoms with Gasteiger partial charge in [-0.2, -0.15) is 0 Å². The summed E-state index contributed by atoms with van der Waals surface area (Å²) in [6, 6.07) is 9.05. The van der Waals surface area contributed by atoms with E-state index in [4.69, 9.17) is 0 Å². The third-order valence-electron chi connectivity index (χ3n) is 4.10. The van der Waals surface area contributed by atoms with Crippen LogP contribution in [0.5, 0.6) is 0 Å². The fraction of sp³-hybridized carbons (Fsp3) is 0.222. The van der Waals surface area contributed by atoms with Gasteiger partial charge >= 0.3 is 0 Å². The first kappa shape index (κ1) is 17.0. The van der Waals surface area contributed by atoms with E-state index in [0.29, 0.717) is 12.1 Å². The number of carbonyl (C=O) groups excluding carboxylic acids is 2. The Morgan fingerprint density at radius 2 is 1.76 bits per heavy atom. The third kappa shape index (κ3) is 3.50. The molecule has 1 aliphatic rings. The van der Waals surface area contributed by atoms with Crippen molar-refractivity contribution in [3.8, 4) is 0 Å². The minimum Gasteiger partial charge on any atom is -0.353 e. The number of rotatable bonds is 3. The van der Waals surface area contributed by atoms with E-state index in [1.54, 1.807) is 12.1 Å². The first-order chi connectivity index (χ1) is 12.0. The van der Waals surface area contributed by atoms with Crippen molar-refractivity contribution in [2.75, 3.05) is 13.1 Å². The van der Waals surface area contributed by atoms with Gasteiger partial charge in [-0.1, -0.05) is 30.3 Å². The maximum Gasteiger partial charge on any atom is 0.257 e. The SMILES string of the molecule is O=C1NCCN(C(=O)c2cc(F)c(F)cc2F)C1Cc1ccccc1. The van der Waals surface area contributed by atoms with Gasteiger partial charge in [0.1, 0.15) is 11.9 Å². The largest absolute Gasteiger partial charge is 0.353 e. The van der Waals surface area contributed by atoms with Crippen molar-refractivity contribution in [1.82, 2.24) is 10.2 Å². The van der Waals surface area contributed by atoms with Crippen LogP contribution >= 0.6 is 0 Å². The second-order valence-electron chi connectivity index (χ2n) is 5.74. The van der Waals surface area contributed by atoms with Gasteiger partial charge in [-0.15, -0.1) is 0 Å². The topological polar surface area (TPSA) is 49.4 Å². The number of piperazine rings is 1. The van der Waals surface area contributed by atoms with Crippen molar-refractivity contribution in [2.45, 2.75) is 12.5 Å². The van der Waals surface area contributed by atoms with Gasteiger partial charge < -0.3 is 10.2 Å². The molecule has 7 heteroatoms. The highest BCUT2D eigenvalue weighted by molar-refractivity contribution is 5.98. The van der Waals surface area contributed by atoms with E-state index in [0.717, 1.165) is 5.56 Å². The van der Waals surface area contributed by atoms with Crippen LogP contribution in [0.1, 0.15) is 15.9 Å². The van der Waals surface area contributed by atoms with Crippen LogP contribution in [0.15, 0.2) is 42.5 Å². The van der Waals surface area contributed by atoms with Crippen molar-refractivity contribution in [3.63, 3.8) is 0 Å².